The number of hydrogen-bond donors (Lipinski definition) is 1. The number of anilines is 1. The molecule has 5 aromatic rings. The van der Waals surface area contributed by atoms with Gasteiger partial charge in [-0.3, -0.25) is 4.90 Å². The van der Waals surface area contributed by atoms with Crippen LogP contribution in [0.15, 0.2) is 78.9 Å². The lowest BCUT2D eigenvalue weighted by atomic mass is 9.98. The van der Waals surface area contributed by atoms with Gasteiger partial charge in [-0.2, -0.15) is 5.21 Å². The highest BCUT2D eigenvalue weighted by atomic mass is 16.5. The average molecular weight is 563 g/mol. The molecule has 3 heterocycles. The smallest absolute Gasteiger partial charge is 0.205 e. The molecule has 0 unspecified atom stereocenters. The van der Waals surface area contributed by atoms with Gasteiger partial charge in [0, 0.05) is 45.3 Å². The number of hydrogen-bond acceptors (Lipinski definition) is 7. The molecule has 1 N–H and O–H groups in total. The van der Waals surface area contributed by atoms with E-state index >= 15 is 0 Å². The number of aromatic nitrogens is 6. The number of benzene rings is 3. The van der Waals surface area contributed by atoms with Gasteiger partial charge in [-0.05, 0) is 40.3 Å². The van der Waals surface area contributed by atoms with Gasteiger partial charge in [0.05, 0.1) is 19.0 Å². The topological polar surface area (TPSA) is 88.0 Å². The fourth-order valence-corrected chi connectivity index (χ4v) is 5.74. The van der Waals surface area contributed by atoms with E-state index in [-0.39, 0.29) is 0 Å². The molecular formula is C33H38N8O. The van der Waals surface area contributed by atoms with E-state index in [2.05, 4.69) is 103 Å². The molecule has 216 valence electrons. The van der Waals surface area contributed by atoms with Gasteiger partial charge in [-0.1, -0.05) is 85.8 Å². The quantitative estimate of drug-likeness (QED) is 0.224. The number of tetrazole rings is 1. The lowest BCUT2D eigenvalue weighted by Gasteiger charge is -2.36. The van der Waals surface area contributed by atoms with Crippen molar-refractivity contribution in [3.05, 3.63) is 102 Å². The predicted molar refractivity (Wildman–Crippen MR) is 165 cm³/mol. The Labute approximate surface area is 247 Å². The molecule has 42 heavy (non-hydrogen) atoms. The van der Waals surface area contributed by atoms with Gasteiger partial charge < -0.3 is 14.2 Å². The molecular weight excluding hydrogens is 524 g/mol. The zero-order valence-corrected chi connectivity index (χ0v) is 24.4. The first-order chi connectivity index (χ1) is 20.7. The Morgan fingerprint density at radius 1 is 0.857 bits per heavy atom. The molecule has 9 heteroatoms. The SMILES string of the molecule is CCCc1nc2c(n1Cc1ccc(-c3ccccc3-c3nn[nH]n3)cc1)CN(CCc1ccccc1)CN2CCOC. The van der Waals surface area contributed by atoms with E-state index in [0.29, 0.717) is 12.4 Å². The Balaban J connectivity index is 1.27. The van der Waals surface area contributed by atoms with Crippen LogP contribution in [0.5, 0.6) is 0 Å². The van der Waals surface area contributed by atoms with Gasteiger partial charge in [0.15, 0.2) is 5.82 Å². The van der Waals surface area contributed by atoms with Crippen LogP contribution in [0.3, 0.4) is 0 Å². The fourth-order valence-electron chi connectivity index (χ4n) is 5.74. The van der Waals surface area contributed by atoms with Crippen molar-refractivity contribution in [2.45, 2.75) is 39.3 Å². The highest BCUT2D eigenvalue weighted by Gasteiger charge is 2.29. The van der Waals surface area contributed by atoms with Crippen molar-refractivity contribution in [1.82, 2.24) is 35.1 Å². The monoisotopic (exact) mass is 562 g/mol. The summed E-state index contributed by atoms with van der Waals surface area (Å²) in [4.78, 5) is 10.1. The van der Waals surface area contributed by atoms with Crippen LogP contribution in [0.1, 0.15) is 36.0 Å². The zero-order valence-electron chi connectivity index (χ0n) is 24.4. The minimum Gasteiger partial charge on any atom is -0.383 e. The summed E-state index contributed by atoms with van der Waals surface area (Å²) in [5.41, 5.74) is 7.07. The zero-order chi connectivity index (χ0) is 28.7. The summed E-state index contributed by atoms with van der Waals surface area (Å²) in [7, 11) is 1.77. The molecule has 0 amide bonds. The van der Waals surface area contributed by atoms with Crippen LogP contribution in [0.2, 0.25) is 0 Å². The number of rotatable bonds is 12. The standard InChI is InChI=1S/C33H38N8O/c1-3-9-31-34-33-30(23-39(24-40(33)20-21-42-2)19-18-25-10-5-4-6-11-25)41(31)22-26-14-16-27(17-15-26)28-12-7-8-13-29(28)32-35-37-38-36-32/h4-8,10-17H,3,9,18-24H2,1-2H3,(H,35,36,37,38). The molecule has 9 nitrogen and oxygen atoms in total. The highest BCUT2D eigenvalue weighted by molar-refractivity contribution is 5.80. The van der Waals surface area contributed by atoms with Crippen molar-refractivity contribution in [2.24, 2.45) is 0 Å². The largest absolute Gasteiger partial charge is 0.383 e. The molecule has 0 atom stereocenters. The number of ether oxygens (including phenoxy) is 1. The van der Waals surface area contributed by atoms with E-state index in [1.165, 1.54) is 16.8 Å². The minimum absolute atomic E-state index is 0.596. The summed E-state index contributed by atoms with van der Waals surface area (Å²) in [6, 6.07) is 27.8. The van der Waals surface area contributed by atoms with Gasteiger partial charge in [0.2, 0.25) is 5.82 Å². The van der Waals surface area contributed by atoms with Crippen LogP contribution in [0.25, 0.3) is 22.5 Å². The first-order valence-electron chi connectivity index (χ1n) is 14.7. The number of methoxy groups -OCH3 is 1. The van der Waals surface area contributed by atoms with Crippen LogP contribution in [-0.4, -0.2) is 68.6 Å². The second-order valence-electron chi connectivity index (χ2n) is 10.8. The molecule has 1 aliphatic rings. The van der Waals surface area contributed by atoms with Crippen LogP contribution in [-0.2, 0) is 30.7 Å². The first kappa shape index (κ1) is 27.8. The predicted octanol–water partition coefficient (Wildman–Crippen LogP) is 5.20. The van der Waals surface area contributed by atoms with Gasteiger partial charge >= 0.3 is 0 Å². The highest BCUT2D eigenvalue weighted by Crippen LogP contribution is 2.32. The van der Waals surface area contributed by atoms with Gasteiger partial charge in [0.25, 0.3) is 0 Å². The fraction of sp³-hybridized carbons (Fsp3) is 0.333. The summed E-state index contributed by atoms with van der Waals surface area (Å²) in [6.07, 6.45) is 3.03. The summed E-state index contributed by atoms with van der Waals surface area (Å²) in [5, 5.41) is 14.7. The van der Waals surface area contributed by atoms with Crippen molar-refractivity contribution in [1.29, 1.82) is 0 Å². The number of fused-ring (bicyclic) bond motifs is 1. The third-order valence-electron chi connectivity index (χ3n) is 7.89. The molecule has 3 aromatic carbocycles. The molecule has 0 saturated heterocycles. The van der Waals surface area contributed by atoms with E-state index in [0.717, 1.165) is 80.4 Å². The van der Waals surface area contributed by atoms with Gasteiger partial charge in [-0.15, -0.1) is 10.2 Å². The summed E-state index contributed by atoms with van der Waals surface area (Å²) in [6.45, 7) is 7.25. The van der Waals surface area contributed by atoms with E-state index in [9.17, 15) is 0 Å². The second kappa shape index (κ2) is 13.1. The van der Waals surface area contributed by atoms with Gasteiger partial charge in [-0.25, -0.2) is 4.98 Å². The molecule has 0 fully saturated rings. The second-order valence-corrected chi connectivity index (χ2v) is 10.8. The van der Waals surface area contributed by atoms with E-state index in [4.69, 9.17) is 9.72 Å². The van der Waals surface area contributed by atoms with Crippen molar-refractivity contribution in [3.8, 4) is 22.5 Å². The molecule has 0 bridgehead atoms. The maximum atomic E-state index is 5.48. The molecule has 2 aromatic heterocycles. The van der Waals surface area contributed by atoms with E-state index in [1.54, 1.807) is 7.11 Å². The lowest BCUT2D eigenvalue weighted by Crippen LogP contribution is -2.45. The molecule has 0 radical (unpaired) electrons. The van der Waals surface area contributed by atoms with Crippen LogP contribution < -0.4 is 4.90 Å². The minimum atomic E-state index is 0.596. The van der Waals surface area contributed by atoms with Gasteiger partial charge in [0.1, 0.15) is 5.82 Å². The number of nitrogens with one attached hydrogen (secondary N) is 1. The van der Waals surface area contributed by atoms with Crippen molar-refractivity contribution in [2.75, 3.05) is 38.4 Å². The molecule has 0 spiro atoms. The van der Waals surface area contributed by atoms with Crippen LogP contribution in [0, 0.1) is 0 Å². The summed E-state index contributed by atoms with van der Waals surface area (Å²) in [5.74, 6) is 2.86. The Bertz CT molecular complexity index is 1560. The normalized spacial score (nSPS) is 13.4. The summed E-state index contributed by atoms with van der Waals surface area (Å²) >= 11 is 0. The third kappa shape index (κ3) is 6.12. The maximum absolute atomic E-state index is 5.48. The van der Waals surface area contributed by atoms with E-state index < -0.39 is 0 Å². The number of aromatic amines is 1. The molecule has 0 aliphatic carbocycles. The third-order valence-corrected chi connectivity index (χ3v) is 7.89. The van der Waals surface area contributed by atoms with Crippen molar-refractivity contribution in [3.63, 3.8) is 0 Å². The number of imidazole rings is 1. The molecule has 1 aliphatic heterocycles. The van der Waals surface area contributed by atoms with Crippen molar-refractivity contribution >= 4 is 5.82 Å². The lowest BCUT2D eigenvalue weighted by molar-refractivity contribution is 0.191. The molecule has 0 saturated carbocycles. The van der Waals surface area contributed by atoms with Crippen molar-refractivity contribution < 1.29 is 4.74 Å². The van der Waals surface area contributed by atoms with Crippen LogP contribution >= 0.6 is 0 Å². The number of aryl methyl sites for hydroxylation is 1. The average Bonchev–Trinajstić information content (AvgIpc) is 3.69. The van der Waals surface area contributed by atoms with Crippen LogP contribution in [0.4, 0.5) is 5.82 Å². The number of nitrogens with zero attached hydrogens (tertiary/aromatic N) is 7. The maximum Gasteiger partial charge on any atom is 0.205 e. The Kier molecular flexibility index (Phi) is 8.67. The Morgan fingerprint density at radius 3 is 2.38 bits per heavy atom. The molecule has 6 rings (SSSR count). The number of H-pyrrole nitrogens is 1. The summed E-state index contributed by atoms with van der Waals surface area (Å²) < 4.78 is 7.93. The first-order valence-corrected chi connectivity index (χ1v) is 14.7. The Hall–Kier alpha value is -4.34. The van der Waals surface area contributed by atoms with E-state index in [1.807, 2.05) is 18.2 Å². The Morgan fingerprint density at radius 2 is 1.64 bits per heavy atom.